The molecule has 1 amide bonds. The van der Waals surface area contributed by atoms with Crippen LogP contribution in [0.5, 0.6) is 0 Å². The zero-order chi connectivity index (χ0) is 25.0. The number of amides is 1. The highest BCUT2D eigenvalue weighted by molar-refractivity contribution is 6.55. The first-order valence-electron chi connectivity index (χ1n) is 12.0. The molecular weight excluding hydrogens is 445 g/mol. The van der Waals surface area contributed by atoms with E-state index in [1.807, 2.05) is 52.0 Å². The molecule has 3 aliphatic rings. The predicted octanol–water partition coefficient (Wildman–Crippen LogP) is 4.65. The van der Waals surface area contributed by atoms with Gasteiger partial charge >= 0.3 is 19.2 Å². The highest BCUT2D eigenvalue weighted by Gasteiger charge is 2.53. The molecule has 0 bridgehead atoms. The predicted molar refractivity (Wildman–Crippen MR) is 132 cm³/mol. The van der Waals surface area contributed by atoms with Gasteiger partial charge in [-0.05, 0) is 61.8 Å². The van der Waals surface area contributed by atoms with E-state index in [2.05, 4.69) is 24.3 Å². The number of aliphatic carboxylic acids is 1. The minimum atomic E-state index is -1.08. The lowest BCUT2D eigenvalue weighted by atomic mass is 9.71. The summed E-state index contributed by atoms with van der Waals surface area (Å²) in [5.74, 6) is -1.13. The van der Waals surface area contributed by atoms with E-state index in [0.29, 0.717) is 18.4 Å². The number of rotatable bonds is 4. The molecule has 5 rings (SSSR count). The number of carbonyl (C=O) groups is 2. The number of benzene rings is 2. The first-order valence-corrected chi connectivity index (χ1v) is 12.0. The lowest BCUT2D eigenvalue weighted by Crippen LogP contribution is -2.42. The van der Waals surface area contributed by atoms with Gasteiger partial charge < -0.3 is 24.1 Å². The molecule has 2 aliphatic heterocycles. The number of carboxylic acids is 1. The summed E-state index contributed by atoms with van der Waals surface area (Å²) >= 11 is 0. The Balaban J connectivity index is 1.30. The highest BCUT2D eigenvalue weighted by atomic mass is 16.7. The third-order valence-electron chi connectivity index (χ3n) is 7.78. The molecular formula is C27H30BNO6. The summed E-state index contributed by atoms with van der Waals surface area (Å²) in [6.45, 7) is 8.21. The van der Waals surface area contributed by atoms with Crippen LogP contribution in [-0.2, 0) is 18.8 Å². The summed E-state index contributed by atoms with van der Waals surface area (Å²) in [6.07, 6.45) is -0.165. The zero-order valence-electron chi connectivity index (χ0n) is 20.5. The minimum Gasteiger partial charge on any atom is -0.478 e. The fraction of sp³-hybridized carbons (Fsp3) is 0.407. The van der Waals surface area contributed by atoms with Gasteiger partial charge in [0.1, 0.15) is 6.61 Å². The molecule has 2 aromatic rings. The van der Waals surface area contributed by atoms with Crippen LogP contribution in [0.1, 0.15) is 51.2 Å². The van der Waals surface area contributed by atoms with Crippen molar-refractivity contribution in [2.45, 2.75) is 51.2 Å². The molecule has 1 fully saturated rings. The molecule has 8 heteroatoms. The van der Waals surface area contributed by atoms with Crippen molar-refractivity contribution < 1.29 is 28.7 Å². The number of nitrogens with zero attached hydrogens (tertiary/aromatic N) is 1. The third kappa shape index (κ3) is 4.04. The van der Waals surface area contributed by atoms with Gasteiger partial charge in [0.2, 0.25) is 0 Å². The highest BCUT2D eigenvalue weighted by Crippen LogP contribution is 2.45. The summed E-state index contributed by atoms with van der Waals surface area (Å²) < 4.78 is 17.9. The molecule has 1 aliphatic carbocycles. The van der Waals surface area contributed by atoms with E-state index in [4.69, 9.17) is 14.0 Å². The fourth-order valence-corrected chi connectivity index (χ4v) is 5.07. The topological polar surface area (TPSA) is 85.3 Å². The van der Waals surface area contributed by atoms with Crippen LogP contribution < -0.4 is 0 Å². The van der Waals surface area contributed by atoms with E-state index in [9.17, 15) is 14.7 Å². The Bertz CT molecular complexity index is 1160. The van der Waals surface area contributed by atoms with Crippen LogP contribution in [-0.4, -0.2) is 60.1 Å². The molecule has 0 unspecified atom stereocenters. The molecule has 2 heterocycles. The van der Waals surface area contributed by atoms with Gasteiger partial charge in [-0.2, -0.15) is 0 Å². The maximum atomic E-state index is 13.0. The maximum absolute atomic E-state index is 13.0. The Morgan fingerprint density at radius 2 is 1.54 bits per heavy atom. The van der Waals surface area contributed by atoms with Gasteiger partial charge in [-0.15, -0.1) is 0 Å². The standard InChI is InChI=1S/C27H30BNO6/c1-26(2)27(3,4)35-28(34-26)23-13-14-29(15-21(23)24(30)31)25(32)33-16-22-19-11-7-5-9-17(19)18-10-6-8-12-20(18)22/h5-12,22H,13-16H2,1-4H3,(H,30,31). The summed E-state index contributed by atoms with van der Waals surface area (Å²) in [4.78, 5) is 26.6. The van der Waals surface area contributed by atoms with Gasteiger partial charge in [-0.3, -0.25) is 0 Å². The van der Waals surface area contributed by atoms with Crippen LogP contribution in [0.2, 0.25) is 0 Å². The van der Waals surface area contributed by atoms with E-state index >= 15 is 0 Å². The summed E-state index contributed by atoms with van der Waals surface area (Å²) in [6, 6.07) is 16.3. The quantitative estimate of drug-likeness (QED) is 0.648. The minimum absolute atomic E-state index is 0.0501. The molecule has 0 aromatic heterocycles. The van der Waals surface area contributed by atoms with Crippen molar-refractivity contribution in [3.05, 3.63) is 70.7 Å². The SMILES string of the molecule is CC1(C)OB(C2=C(C(=O)O)CN(C(=O)OCC3c4ccccc4-c4ccccc43)CC2)OC1(C)C. The van der Waals surface area contributed by atoms with Gasteiger partial charge in [0, 0.05) is 12.5 Å². The lowest BCUT2D eigenvalue weighted by molar-refractivity contribution is -0.133. The maximum Gasteiger partial charge on any atom is 0.491 e. The number of hydrogen-bond acceptors (Lipinski definition) is 5. The second-order valence-electron chi connectivity index (χ2n) is 10.4. The van der Waals surface area contributed by atoms with Gasteiger partial charge in [0.05, 0.1) is 23.3 Å². The number of carbonyl (C=O) groups excluding carboxylic acids is 1. The normalized spacial score (nSPS) is 20.6. The molecule has 182 valence electrons. The van der Waals surface area contributed by atoms with Gasteiger partial charge in [-0.1, -0.05) is 48.5 Å². The average molecular weight is 475 g/mol. The monoisotopic (exact) mass is 475 g/mol. The van der Waals surface area contributed by atoms with Crippen molar-refractivity contribution in [2.24, 2.45) is 0 Å². The fourth-order valence-electron chi connectivity index (χ4n) is 5.07. The van der Waals surface area contributed by atoms with Crippen LogP contribution in [0, 0.1) is 0 Å². The van der Waals surface area contributed by atoms with Gasteiger partial charge in [0.15, 0.2) is 0 Å². The molecule has 1 N–H and O–H groups in total. The van der Waals surface area contributed by atoms with Crippen LogP contribution >= 0.6 is 0 Å². The van der Waals surface area contributed by atoms with E-state index in [-0.39, 0.29) is 24.6 Å². The first-order chi connectivity index (χ1) is 16.6. The average Bonchev–Trinajstić information content (AvgIpc) is 3.26. The number of hydrogen-bond donors (Lipinski definition) is 1. The molecule has 0 spiro atoms. The summed E-state index contributed by atoms with van der Waals surface area (Å²) in [5.41, 5.74) is 4.15. The summed E-state index contributed by atoms with van der Waals surface area (Å²) in [5, 5.41) is 9.90. The van der Waals surface area contributed by atoms with Crippen molar-refractivity contribution in [3.8, 4) is 11.1 Å². The molecule has 7 nitrogen and oxygen atoms in total. The zero-order valence-corrected chi connectivity index (χ0v) is 20.5. The Labute approximate surface area is 205 Å². The second-order valence-corrected chi connectivity index (χ2v) is 10.4. The van der Waals surface area contributed by atoms with Crippen LogP contribution in [0.15, 0.2) is 59.6 Å². The Morgan fingerprint density at radius 3 is 2.09 bits per heavy atom. The van der Waals surface area contributed by atoms with E-state index in [0.717, 1.165) is 22.3 Å². The van der Waals surface area contributed by atoms with Crippen LogP contribution in [0.25, 0.3) is 11.1 Å². The number of fused-ring (bicyclic) bond motifs is 3. The van der Waals surface area contributed by atoms with E-state index in [1.54, 1.807) is 0 Å². The van der Waals surface area contributed by atoms with E-state index < -0.39 is 30.4 Å². The van der Waals surface area contributed by atoms with Crippen molar-refractivity contribution in [2.75, 3.05) is 19.7 Å². The molecule has 0 saturated carbocycles. The van der Waals surface area contributed by atoms with Crippen LogP contribution in [0.3, 0.4) is 0 Å². The Kier molecular flexibility index (Phi) is 5.76. The first kappa shape index (κ1) is 23.6. The summed E-state index contributed by atoms with van der Waals surface area (Å²) in [7, 11) is -0.740. The molecule has 35 heavy (non-hydrogen) atoms. The second kappa shape index (κ2) is 8.54. The third-order valence-corrected chi connectivity index (χ3v) is 7.78. The van der Waals surface area contributed by atoms with Crippen molar-refractivity contribution in [3.63, 3.8) is 0 Å². The largest absolute Gasteiger partial charge is 0.491 e. The molecule has 0 atom stereocenters. The van der Waals surface area contributed by atoms with Gasteiger partial charge in [0.25, 0.3) is 0 Å². The Morgan fingerprint density at radius 1 is 1.00 bits per heavy atom. The van der Waals surface area contributed by atoms with Gasteiger partial charge in [-0.25, -0.2) is 9.59 Å². The van der Waals surface area contributed by atoms with E-state index in [1.165, 1.54) is 4.90 Å². The van der Waals surface area contributed by atoms with Crippen molar-refractivity contribution in [1.29, 1.82) is 0 Å². The van der Waals surface area contributed by atoms with Crippen molar-refractivity contribution in [1.82, 2.24) is 4.90 Å². The number of carboxylic acid groups (broad SMARTS) is 1. The molecule has 0 radical (unpaired) electrons. The number of ether oxygens (including phenoxy) is 1. The smallest absolute Gasteiger partial charge is 0.478 e. The lowest BCUT2D eigenvalue weighted by Gasteiger charge is -2.32. The Hall–Kier alpha value is -3.10. The molecule has 1 saturated heterocycles. The van der Waals surface area contributed by atoms with Crippen LogP contribution in [0.4, 0.5) is 4.79 Å². The molecule has 2 aromatic carbocycles. The van der Waals surface area contributed by atoms with Crippen molar-refractivity contribution >= 4 is 19.2 Å².